The van der Waals surface area contributed by atoms with E-state index in [-0.39, 0.29) is 17.7 Å². The van der Waals surface area contributed by atoms with Gasteiger partial charge in [0.2, 0.25) is 0 Å². The number of nitrogens with zero attached hydrogens (tertiary/aromatic N) is 2. The van der Waals surface area contributed by atoms with Crippen LogP contribution in [-0.4, -0.2) is 28.3 Å². The van der Waals surface area contributed by atoms with Gasteiger partial charge in [-0.1, -0.05) is 6.92 Å². The quantitative estimate of drug-likeness (QED) is 0.628. The standard InChI is InChI=1S/C14H13F3N2O2S/c1-3-21-13(20)8-5-10-9(6-11(8)22-4-2)18-7-12(19-10)14(15,16)17/h5-7H,3-4H2,1-2H3. The number of esters is 1. The summed E-state index contributed by atoms with van der Waals surface area (Å²) in [5.41, 5.74) is -0.573. The van der Waals surface area contributed by atoms with Crippen molar-refractivity contribution in [2.45, 2.75) is 24.9 Å². The number of fused-ring (bicyclic) bond motifs is 1. The number of rotatable bonds is 4. The van der Waals surface area contributed by atoms with Crippen LogP contribution in [0.25, 0.3) is 11.0 Å². The van der Waals surface area contributed by atoms with Crippen molar-refractivity contribution in [1.82, 2.24) is 9.97 Å². The van der Waals surface area contributed by atoms with E-state index in [1.165, 1.54) is 17.8 Å². The van der Waals surface area contributed by atoms with Crippen molar-refractivity contribution >= 4 is 28.8 Å². The first-order chi connectivity index (χ1) is 10.4. The molecule has 118 valence electrons. The Kier molecular flexibility index (Phi) is 4.90. The van der Waals surface area contributed by atoms with E-state index in [4.69, 9.17) is 4.74 Å². The number of benzene rings is 1. The molecule has 0 saturated carbocycles. The highest BCUT2D eigenvalue weighted by molar-refractivity contribution is 7.99. The summed E-state index contributed by atoms with van der Waals surface area (Å²) in [6.45, 7) is 3.75. The SMILES string of the molecule is CCOC(=O)c1cc2nc(C(F)(F)F)cnc2cc1SCC. The van der Waals surface area contributed by atoms with Crippen LogP contribution in [0.15, 0.2) is 23.2 Å². The Balaban J connectivity index is 2.60. The predicted octanol–water partition coefficient (Wildman–Crippen LogP) is 3.94. The van der Waals surface area contributed by atoms with Crippen LogP contribution in [0.1, 0.15) is 29.9 Å². The van der Waals surface area contributed by atoms with Gasteiger partial charge in [-0.3, -0.25) is 4.98 Å². The molecule has 2 aromatic rings. The first-order valence-electron chi connectivity index (χ1n) is 6.54. The molecule has 0 aliphatic carbocycles. The van der Waals surface area contributed by atoms with E-state index in [1.807, 2.05) is 6.92 Å². The topological polar surface area (TPSA) is 52.1 Å². The van der Waals surface area contributed by atoms with Gasteiger partial charge in [0.05, 0.1) is 29.4 Å². The minimum atomic E-state index is -4.58. The summed E-state index contributed by atoms with van der Waals surface area (Å²) in [7, 11) is 0. The molecule has 0 bridgehead atoms. The molecule has 0 atom stereocenters. The van der Waals surface area contributed by atoms with Gasteiger partial charge in [0.25, 0.3) is 0 Å². The van der Waals surface area contributed by atoms with Gasteiger partial charge in [-0.15, -0.1) is 11.8 Å². The Morgan fingerprint density at radius 1 is 1.27 bits per heavy atom. The Morgan fingerprint density at radius 2 is 2.00 bits per heavy atom. The van der Waals surface area contributed by atoms with E-state index in [0.717, 1.165) is 0 Å². The van der Waals surface area contributed by atoms with Crippen molar-refractivity contribution in [2.75, 3.05) is 12.4 Å². The van der Waals surface area contributed by atoms with E-state index in [2.05, 4.69) is 9.97 Å². The fraction of sp³-hybridized carbons (Fsp3) is 0.357. The smallest absolute Gasteiger partial charge is 0.434 e. The summed E-state index contributed by atoms with van der Waals surface area (Å²) >= 11 is 1.39. The van der Waals surface area contributed by atoms with Crippen LogP contribution < -0.4 is 0 Å². The van der Waals surface area contributed by atoms with Crippen LogP contribution in [0.4, 0.5) is 13.2 Å². The molecular weight excluding hydrogens is 317 g/mol. The average Bonchev–Trinajstić information content (AvgIpc) is 2.45. The molecule has 8 heteroatoms. The largest absolute Gasteiger partial charge is 0.462 e. The number of aromatic nitrogens is 2. The summed E-state index contributed by atoms with van der Waals surface area (Å²) in [6, 6.07) is 2.86. The lowest BCUT2D eigenvalue weighted by atomic mass is 10.2. The second-order valence-corrected chi connectivity index (χ2v) is 5.55. The molecule has 0 amide bonds. The molecule has 0 radical (unpaired) electrons. The number of carbonyl (C=O) groups excluding carboxylic acids is 1. The number of ether oxygens (including phenoxy) is 1. The predicted molar refractivity (Wildman–Crippen MR) is 76.9 cm³/mol. The third-order valence-electron chi connectivity index (χ3n) is 2.73. The van der Waals surface area contributed by atoms with Crippen molar-refractivity contribution in [3.05, 3.63) is 29.6 Å². The minimum absolute atomic E-state index is 0.0123. The van der Waals surface area contributed by atoms with Crippen LogP contribution in [0.3, 0.4) is 0 Å². The van der Waals surface area contributed by atoms with Gasteiger partial charge in [-0.25, -0.2) is 9.78 Å². The zero-order valence-corrected chi connectivity index (χ0v) is 12.7. The van der Waals surface area contributed by atoms with Gasteiger partial charge < -0.3 is 4.74 Å². The van der Waals surface area contributed by atoms with E-state index in [9.17, 15) is 18.0 Å². The maximum Gasteiger partial charge on any atom is 0.434 e. The number of carbonyl (C=O) groups is 1. The maximum absolute atomic E-state index is 12.7. The fourth-order valence-corrected chi connectivity index (χ4v) is 2.62. The van der Waals surface area contributed by atoms with E-state index in [0.29, 0.717) is 22.4 Å². The highest BCUT2D eigenvalue weighted by Crippen LogP contribution is 2.31. The summed E-state index contributed by atoms with van der Waals surface area (Å²) in [5.74, 6) is 0.117. The van der Waals surface area contributed by atoms with Gasteiger partial charge in [-0.05, 0) is 24.8 Å². The van der Waals surface area contributed by atoms with Crippen LogP contribution in [-0.2, 0) is 10.9 Å². The lowest BCUT2D eigenvalue weighted by molar-refractivity contribution is -0.141. The van der Waals surface area contributed by atoms with Crippen molar-refractivity contribution in [2.24, 2.45) is 0 Å². The monoisotopic (exact) mass is 330 g/mol. The van der Waals surface area contributed by atoms with Crippen molar-refractivity contribution in [3.8, 4) is 0 Å². The first-order valence-corrected chi connectivity index (χ1v) is 7.53. The van der Waals surface area contributed by atoms with Crippen molar-refractivity contribution < 1.29 is 22.7 Å². The molecule has 1 heterocycles. The third-order valence-corrected chi connectivity index (χ3v) is 3.67. The second-order valence-electron chi connectivity index (χ2n) is 4.24. The fourth-order valence-electron chi connectivity index (χ4n) is 1.82. The molecule has 2 rings (SSSR count). The Hall–Kier alpha value is -1.83. The first kappa shape index (κ1) is 16.5. The van der Waals surface area contributed by atoms with Crippen LogP contribution in [0.2, 0.25) is 0 Å². The number of hydrogen-bond acceptors (Lipinski definition) is 5. The molecule has 1 aromatic heterocycles. The van der Waals surface area contributed by atoms with Gasteiger partial charge >= 0.3 is 12.1 Å². The lowest BCUT2D eigenvalue weighted by Crippen LogP contribution is -2.10. The second kappa shape index (κ2) is 6.51. The summed E-state index contributed by atoms with van der Waals surface area (Å²) < 4.78 is 43.0. The van der Waals surface area contributed by atoms with Gasteiger partial charge in [-0.2, -0.15) is 13.2 Å². The van der Waals surface area contributed by atoms with E-state index in [1.54, 1.807) is 13.0 Å². The summed E-state index contributed by atoms with van der Waals surface area (Å²) in [6.07, 6.45) is -3.89. The van der Waals surface area contributed by atoms with E-state index >= 15 is 0 Å². The summed E-state index contributed by atoms with van der Waals surface area (Å²) in [5, 5.41) is 0. The zero-order chi connectivity index (χ0) is 16.3. The highest BCUT2D eigenvalue weighted by atomic mass is 32.2. The lowest BCUT2D eigenvalue weighted by Gasteiger charge is -2.10. The highest BCUT2D eigenvalue weighted by Gasteiger charge is 2.33. The minimum Gasteiger partial charge on any atom is -0.462 e. The van der Waals surface area contributed by atoms with Crippen LogP contribution in [0, 0.1) is 0 Å². The number of alkyl halides is 3. The Labute approximate surface area is 129 Å². The van der Waals surface area contributed by atoms with E-state index < -0.39 is 17.8 Å². The molecule has 0 fully saturated rings. The molecular formula is C14H13F3N2O2S. The summed E-state index contributed by atoms with van der Waals surface area (Å²) in [4.78, 5) is 19.9. The molecule has 0 N–H and O–H groups in total. The molecule has 1 aromatic carbocycles. The van der Waals surface area contributed by atoms with Crippen molar-refractivity contribution in [1.29, 1.82) is 0 Å². The van der Waals surface area contributed by atoms with Crippen LogP contribution in [0.5, 0.6) is 0 Å². The zero-order valence-electron chi connectivity index (χ0n) is 11.9. The molecule has 0 aliphatic heterocycles. The number of halogens is 3. The van der Waals surface area contributed by atoms with Gasteiger partial charge in [0.15, 0.2) is 5.69 Å². The molecule has 0 saturated heterocycles. The average molecular weight is 330 g/mol. The number of thioether (sulfide) groups is 1. The third kappa shape index (κ3) is 3.49. The molecule has 4 nitrogen and oxygen atoms in total. The normalized spacial score (nSPS) is 11.7. The van der Waals surface area contributed by atoms with Gasteiger partial charge in [0.1, 0.15) is 0 Å². The molecule has 0 spiro atoms. The molecule has 0 aliphatic rings. The molecule has 0 unspecified atom stereocenters. The Bertz CT molecular complexity index is 704. The van der Waals surface area contributed by atoms with Crippen molar-refractivity contribution in [3.63, 3.8) is 0 Å². The van der Waals surface area contributed by atoms with Crippen LogP contribution >= 0.6 is 11.8 Å². The Morgan fingerprint density at radius 3 is 2.59 bits per heavy atom. The number of hydrogen-bond donors (Lipinski definition) is 0. The van der Waals surface area contributed by atoms with Gasteiger partial charge in [0, 0.05) is 4.90 Å². The maximum atomic E-state index is 12.7. The molecule has 22 heavy (non-hydrogen) atoms.